The highest BCUT2D eigenvalue weighted by atomic mass is 16.5. The smallest absolute Gasteiger partial charge is 0.239 e. The van der Waals surface area contributed by atoms with E-state index in [1.165, 1.54) is 13.2 Å². The van der Waals surface area contributed by atoms with Crippen LogP contribution in [0.2, 0.25) is 0 Å². The Bertz CT molecular complexity index is 315. The topological polar surface area (TPSA) is 33.8 Å². The number of phenols is 1. The highest BCUT2D eigenvalue weighted by molar-refractivity contribution is 5.41. The molecule has 3 nitrogen and oxygen atoms in total. The van der Waals surface area contributed by atoms with Crippen molar-refractivity contribution in [3.05, 3.63) is 35.2 Å². The number of rotatable bonds is 2. The maximum atomic E-state index is 9.20. The minimum Gasteiger partial charge on any atom is -0.504 e. The summed E-state index contributed by atoms with van der Waals surface area (Å²) in [6.07, 6.45) is 0. The molecular weight excluding hydrogens is 154 g/mol. The first-order valence-electron chi connectivity index (χ1n) is 3.47. The molecule has 0 saturated carbocycles. The quantitative estimate of drug-likeness (QED) is 0.675. The number of ether oxygens (including phenoxy) is 1. The maximum Gasteiger partial charge on any atom is 0.239 e. The van der Waals surface area contributed by atoms with E-state index in [0.717, 1.165) is 5.56 Å². The van der Waals surface area contributed by atoms with E-state index in [1.807, 2.05) is 0 Å². The highest BCUT2D eigenvalue weighted by Crippen LogP contribution is 2.26. The molecule has 0 heterocycles. The van der Waals surface area contributed by atoms with Gasteiger partial charge in [0.2, 0.25) is 6.54 Å². The summed E-state index contributed by atoms with van der Waals surface area (Å²) < 4.78 is 4.88. The van der Waals surface area contributed by atoms with Crippen LogP contribution >= 0.6 is 0 Å². The molecule has 1 rings (SSSR count). The molecule has 62 valence electrons. The third-order valence-electron chi connectivity index (χ3n) is 1.51. The third kappa shape index (κ3) is 1.67. The van der Waals surface area contributed by atoms with E-state index in [0.29, 0.717) is 12.3 Å². The number of nitrogens with zero attached hydrogens (tertiary/aromatic N) is 1. The van der Waals surface area contributed by atoms with Gasteiger partial charge in [-0.15, -0.1) is 0 Å². The molecular formula is C9H9NO2. The molecule has 0 unspecified atom stereocenters. The van der Waals surface area contributed by atoms with E-state index in [-0.39, 0.29) is 5.75 Å². The van der Waals surface area contributed by atoms with Gasteiger partial charge in [-0.3, -0.25) is 0 Å². The van der Waals surface area contributed by atoms with Gasteiger partial charge in [0.15, 0.2) is 11.5 Å². The van der Waals surface area contributed by atoms with Gasteiger partial charge in [-0.25, -0.2) is 6.57 Å². The lowest BCUT2D eigenvalue weighted by Crippen LogP contribution is -1.86. The first-order valence-corrected chi connectivity index (χ1v) is 3.47. The summed E-state index contributed by atoms with van der Waals surface area (Å²) in [7, 11) is 1.48. The molecule has 0 aliphatic heterocycles. The number of benzene rings is 1. The van der Waals surface area contributed by atoms with Crippen LogP contribution in [0.1, 0.15) is 5.56 Å². The Morgan fingerprint density at radius 1 is 1.58 bits per heavy atom. The average molecular weight is 163 g/mol. The van der Waals surface area contributed by atoms with Crippen LogP contribution in [0.5, 0.6) is 11.5 Å². The first-order chi connectivity index (χ1) is 5.77. The molecule has 1 N–H and O–H groups in total. The molecule has 0 amide bonds. The van der Waals surface area contributed by atoms with E-state index < -0.39 is 0 Å². The average Bonchev–Trinajstić information content (AvgIpc) is 2.09. The fourth-order valence-corrected chi connectivity index (χ4v) is 0.912. The molecule has 0 bridgehead atoms. The Morgan fingerprint density at radius 3 is 2.92 bits per heavy atom. The lowest BCUT2D eigenvalue weighted by molar-refractivity contribution is 0.373. The van der Waals surface area contributed by atoms with Crippen LogP contribution in [0.25, 0.3) is 4.85 Å². The zero-order valence-corrected chi connectivity index (χ0v) is 6.74. The number of hydrogen-bond acceptors (Lipinski definition) is 2. The zero-order chi connectivity index (χ0) is 8.97. The highest BCUT2D eigenvalue weighted by Gasteiger charge is 2.02. The van der Waals surface area contributed by atoms with Gasteiger partial charge < -0.3 is 14.7 Å². The summed E-state index contributed by atoms with van der Waals surface area (Å²) in [4.78, 5) is 3.22. The number of phenolic OH excluding ortho intramolecular Hbond substituents is 1. The van der Waals surface area contributed by atoms with Crippen LogP contribution in [-0.2, 0) is 6.54 Å². The van der Waals surface area contributed by atoms with Crippen molar-refractivity contribution in [1.82, 2.24) is 0 Å². The van der Waals surface area contributed by atoms with Crippen molar-refractivity contribution in [2.75, 3.05) is 7.11 Å². The van der Waals surface area contributed by atoms with Crippen LogP contribution in [0.15, 0.2) is 18.2 Å². The molecule has 0 aliphatic carbocycles. The predicted octanol–water partition coefficient (Wildman–Crippen LogP) is 1.82. The molecule has 0 radical (unpaired) electrons. The van der Waals surface area contributed by atoms with Crippen molar-refractivity contribution < 1.29 is 9.84 Å². The van der Waals surface area contributed by atoms with Gasteiger partial charge >= 0.3 is 0 Å². The van der Waals surface area contributed by atoms with Gasteiger partial charge in [0, 0.05) is 5.56 Å². The van der Waals surface area contributed by atoms with E-state index in [1.54, 1.807) is 12.1 Å². The molecule has 0 aromatic heterocycles. The normalized spacial score (nSPS) is 9.00. The Kier molecular flexibility index (Phi) is 2.54. The van der Waals surface area contributed by atoms with Gasteiger partial charge in [-0.05, 0) is 18.2 Å². The van der Waals surface area contributed by atoms with E-state index in [9.17, 15) is 5.11 Å². The van der Waals surface area contributed by atoms with Crippen molar-refractivity contribution >= 4 is 0 Å². The molecule has 12 heavy (non-hydrogen) atoms. The van der Waals surface area contributed by atoms with Gasteiger partial charge in [0.25, 0.3) is 0 Å². The second kappa shape index (κ2) is 3.63. The summed E-state index contributed by atoms with van der Waals surface area (Å²) in [5.41, 5.74) is 0.847. The summed E-state index contributed by atoms with van der Waals surface area (Å²) in [6.45, 7) is 6.96. The van der Waals surface area contributed by atoms with E-state index in [4.69, 9.17) is 11.3 Å². The summed E-state index contributed by atoms with van der Waals surface area (Å²) >= 11 is 0. The molecule has 0 aliphatic rings. The van der Waals surface area contributed by atoms with Crippen LogP contribution in [0.3, 0.4) is 0 Å². The van der Waals surface area contributed by atoms with Crippen molar-refractivity contribution in [1.29, 1.82) is 0 Å². The second-order valence-electron chi connectivity index (χ2n) is 2.32. The minimum absolute atomic E-state index is 0.103. The number of aromatic hydroxyl groups is 1. The van der Waals surface area contributed by atoms with Crippen molar-refractivity contribution in [2.45, 2.75) is 6.54 Å². The van der Waals surface area contributed by atoms with Crippen molar-refractivity contribution in [3.63, 3.8) is 0 Å². The third-order valence-corrected chi connectivity index (χ3v) is 1.51. The lowest BCUT2D eigenvalue weighted by atomic mass is 10.2. The molecule has 3 heteroatoms. The Balaban J connectivity index is 2.98. The van der Waals surface area contributed by atoms with Gasteiger partial charge in [0.05, 0.1) is 7.11 Å². The van der Waals surface area contributed by atoms with Crippen LogP contribution in [0.4, 0.5) is 0 Å². The van der Waals surface area contributed by atoms with Crippen molar-refractivity contribution in [3.8, 4) is 11.5 Å². The van der Waals surface area contributed by atoms with Crippen molar-refractivity contribution in [2.24, 2.45) is 0 Å². The van der Waals surface area contributed by atoms with Gasteiger partial charge in [-0.2, -0.15) is 0 Å². The summed E-state index contributed by atoms with van der Waals surface area (Å²) in [6, 6.07) is 4.89. The Labute approximate surface area is 71.0 Å². The lowest BCUT2D eigenvalue weighted by Gasteiger charge is -2.02. The molecule has 1 aromatic rings. The largest absolute Gasteiger partial charge is 0.504 e. The number of methoxy groups -OCH3 is 1. The Hall–Kier alpha value is -1.69. The van der Waals surface area contributed by atoms with Gasteiger partial charge in [0.1, 0.15) is 0 Å². The first kappa shape index (κ1) is 8.41. The van der Waals surface area contributed by atoms with E-state index >= 15 is 0 Å². The van der Waals surface area contributed by atoms with Crippen LogP contribution in [-0.4, -0.2) is 12.2 Å². The second-order valence-corrected chi connectivity index (χ2v) is 2.32. The van der Waals surface area contributed by atoms with Crippen LogP contribution in [0, 0.1) is 6.57 Å². The Morgan fingerprint density at radius 2 is 2.33 bits per heavy atom. The molecule has 0 spiro atoms. The maximum absolute atomic E-state index is 9.20. The monoisotopic (exact) mass is 163 g/mol. The summed E-state index contributed by atoms with van der Waals surface area (Å²) in [5, 5.41) is 9.20. The van der Waals surface area contributed by atoms with E-state index in [2.05, 4.69) is 4.85 Å². The fraction of sp³-hybridized carbons (Fsp3) is 0.222. The molecule has 1 aromatic carbocycles. The fourth-order valence-electron chi connectivity index (χ4n) is 0.912. The number of hydrogen-bond donors (Lipinski definition) is 1. The zero-order valence-electron chi connectivity index (χ0n) is 6.74. The van der Waals surface area contributed by atoms with Gasteiger partial charge in [-0.1, -0.05) is 0 Å². The summed E-state index contributed by atoms with van der Waals surface area (Å²) in [5.74, 6) is 0.516. The predicted molar refractivity (Wildman–Crippen MR) is 45.0 cm³/mol. The standard InChI is InChI=1S/C9H9NO2/c1-10-6-7-3-4-8(11)9(5-7)12-2/h3-5,11H,6H2,2H3. The SMILES string of the molecule is [C-]#[N+]Cc1ccc(O)c(OC)c1. The van der Waals surface area contributed by atoms with Crippen LogP contribution < -0.4 is 4.74 Å². The molecule has 0 saturated heterocycles. The minimum atomic E-state index is 0.103. The molecule has 0 fully saturated rings. The molecule has 0 atom stereocenters.